The van der Waals surface area contributed by atoms with E-state index < -0.39 is 0 Å². The quantitative estimate of drug-likeness (QED) is 0.201. The molecule has 1 heterocycles. The maximum Gasteiger partial charge on any atom is 0.159 e. The third kappa shape index (κ3) is 9.29. The predicted molar refractivity (Wildman–Crippen MR) is 143 cm³/mol. The molecule has 0 amide bonds. The molecule has 0 unspecified atom stereocenters. The zero-order chi connectivity index (χ0) is 23.8. The lowest BCUT2D eigenvalue weighted by Gasteiger charge is -2.08. The lowest BCUT2D eigenvalue weighted by molar-refractivity contribution is 0.303. The highest BCUT2D eigenvalue weighted by Crippen LogP contribution is 2.19. The molecule has 2 aromatic carbocycles. The van der Waals surface area contributed by atoms with Crippen LogP contribution in [0.3, 0.4) is 0 Å². The molecule has 182 valence electrons. The Balaban J connectivity index is 1.40. The minimum absolute atomic E-state index is 0.534. The average Bonchev–Trinajstić information content (AvgIpc) is 2.89. The number of hydrogen-bond acceptors (Lipinski definition) is 3. The highest BCUT2D eigenvalue weighted by molar-refractivity contribution is 5.55. The summed E-state index contributed by atoms with van der Waals surface area (Å²) in [5, 5.41) is 0. The van der Waals surface area contributed by atoms with Gasteiger partial charge in [-0.1, -0.05) is 114 Å². The van der Waals surface area contributed by atoms with E-state index in [0.717, 1.165) is 17.8 Å². The van der Waals surface area contributed by atoms with Crippen LogP contribution in [0.25, 0.3) is 11.4 Å². The third-order valence-electron chi connectivity index (χ3n) is 6.41. The number of unbranched alkanes of at least 4 members (excludes halogenated alkanes) is 8. The van der Waals surface area contributed by atoms with E-state index in [2.05, 4.69) is 72.3 Å². The second-order valence-corrected chi connectivity index (χ2v) is 9.37. The van der Waals surface area contributed by atoms with Crippen molar-refractivity contribution in [3.63, 3.8) is 0 Å². The molecule has 0 saturated heterocycles. The van der Waals surface area contributed by atoms with Crippen molar-refractivity contribution < 1.29 is 4.74 Å². The molecule has 0 aliphatic heterocycles. The second kappa shape index (κ2) is 15.3. The molecule has 3 rings (SSSR count). The number of aromatic nitrogens is 2. The van der Waals surface area contributed by atoms with Crippen LogP contribution in [0.5, 0.6) is 5.75 Å². The van der Waals surface area contributed by atoms with E-state index in [1.807, 2.05) is 0 Å². The Hall–Kier alpha value is -2.68. The van der Waals surface area contributed by atoms with Gasteiger partial charge in [-0.25, -0.2) is 9.97 Å². The fourth-order valence-electron chi connectivity index (χ4n) is 4.19. The summed E-state index contributed by atoms with van der Waals surface area (Å²) in [5.74, 6) is 1.44. The van der Waals surface area contributed by atoms with Gasteiger partial charge in [0.1, 0.15) is 6.61 Å². The van der Waals surface area contributed by atoms with E-state index in [-0.39, 0.29) is 0 Å². The van der Waals surface area contributed by atoms with Gasteiger partial charge < -0.3 is 4.74 Å². The van der Waals surface area contributed by atoms with Crippen LogP contribution in [0.4, 0.5) is 0 Å². The molecule has 0 aliphatic rings. The Morgan fingerprint density at radius 3 is 1.62 bits per heavy atom. The lowest BCUT2D eigenvalue weighted by atomic mass is 10.0. The standard InChI is InChI=1S/C31H42N2O/c1-3-5-7-9-10-12-14-26-15-17-28(18-16-26)25-34-30-23-32-31(33-24-30)29-21-19-27(20-22-29)13-11-8-6-4-2/h15-24H,3-14,25H2,1-2H3. The summed E-state index contributed by atoms with van der Waals surface area (Å²) in [5.41, 5.74) is 5.02. The van der Waals surface area contributed by atoms with Gasteiger partial charge >= 0.3 is 0 Å². The van der Waals surface area contributed by atoms with E-state index in [1.54, 1.807) is 12.4 Å². The summed E-state index contributed by atoms with van der Waals surface area (Å²) in [6.07, 6.45) is 19.1. The Kier molecular flexibility index (Phi) is 11.6. The predicted octanol–water partition coefficient (Wildman–Crippen LogP) is 8.75. The maximum absolute atomic E-state index is 5.92. The molecule has 3 nitrogen and oxygen atoms in total. The Bertz CT molecular complexity index is 917. The molecule has 0 fully saturated rings. The van der Waals surface area contributed by atoms with Gasteiger partial charge in [-0.3, -0.25) is 0 Å². The zero-order valence-corrected chi connectivity index (χ0v) is 21.3. The van der Waals surface area contributed by atoms with Crippen LogP contribution in [0, 0.1) is 0 Å². The smallest absolute Gasteiger partial charge is 0.159 e. The Labute approximate surface area is 207 Å². The summed E-state index contributed by atoms with van der Waals surface area (Å²) in [6.45, 7) is 5.05. The number of hydrogen-bond donors (Lipinski definition) is 0. The van der Waals surface area contributed by atoms with E-state index in [4.69, 9.17) is 4.74 Å². The van der Waals surface area contributed by atoms with Crippen LogP contribution < -0.4 is 4.74 Å². The van der Waals surface area contributed by atoms with E-state index >= 15 is 0 Å². The highest BCUT2D eigenvalue weighted by Gasteiger charge is 2.04. The third-order valence-corrected chi connectivity index (χ3v) is 6.41. The summed E-state index contributed by atoms with van der Waals surface area (Å²) in [6, 6.07) is 17.5. The Morgan fingerprint density at radius 1 is 0.559 bits per heavy atom. The molecule has 0 spiro atoms. The molecule has 3 heteroatoms. The topological polar surface area (TPSA) is 35.0 Å². The maximum atomic E-state index is 5.92. The van der Waals surface area contributed by atoms with Crippen molar-refractivity contribution in [3.8, 4) is 17.1 Å². The summed E-state index contributed by atoms with van der Waals surface area (Å²) < 4.78 is 5.92. The molecular weight excluding hydrogens is 416 g/mol. The van der Waals surface area contributed by atoms with Crippen molar-refractivity contribution in [2.75, 3.05) is 0 Å². The van der Waals surface area contributed by atoms with Crippen molar-refractivity contribution in [1.82, 2.24) is 9.97 Å². The van der Waals surface area contributed by atoms with Gasteiger partial charge in [0.15, 0.2) is 11.6 Å². The van der Waals surface area contributed by atoms with Gasteiger partial charge in [0.05, 0.1) is 12.4 Å². The van der Waals surface area contributed by atoms with E-state index in [9.17, 15) is 0 Å². The molecule has 1 aromatic heterocycles. The van der Waals surface area contributed by atoms with Crippen LogP contribution in [-0.2, 0) is 19.4 Å². The first kappa shape index (κ1) is 25.9. The van der Waals surface area contributed by atoms with Gasteiger partial charge in [0.2, 0.25) is 0 Å². The molecule has 0 aliphatic carbocycles. The molecule has 0 atom stereocenters. The van der Waals surface area contributed by atoms with Crippen molar-refractivity contribution in [1.29, 1.82) is 0 Å². The number of ether oxygens (including phenoxy) is 1. The minimum Gasteiger partial charge on any atom is -0.486 e. The number of nitrogens with zero attached hydrogens (tertiary/aromatic N) is 2. The Morgan fingerprint density at radius 2 is 1.03 bits per heavy atom. The van der Waals surface area contributed by atoms with Crippen molar-refractivity contribution in [2.24, 2.45) is 0 Å². The molecule has 0 radical (unpaired) electrons. The van der Waals surface area contributed by atoms with Crippen LogP contribution in [0.2, 0.25) is 0 Å². The summed E-state index contributed by atoms with van der Waals surface area (Å²) in [4.78, 5) is 9.03. The molecule has 0 saturated carbocycles. The first-order chi connectivity index (χ1) is 16.8. The van der Waals surface area contributed by atoms with Crippen LogP contribution >= 0.6 is 0 Å². The second-order valence-electron chi connectivity index (χ2n) is 9.37. The number of rotatable bonds is 16. The normalized spacial score (nSPS) is 11.0. The van der Waals surface area contributed by atoms with E-state index in [1.165, 1.54) is 87.3 Å². The zero-order valence-electron chi connectivity index (χ0n) is 21.3. The largest absolute Gasteiger partial charge is 0.486 e. The first-order valence-corrected chi connectivity index (χ1v) is 13.4. The van der Waals surface area contributed by atoms with Gasteiger partial charge in [0, 0.05) is 5.56 Å². The van der Waals surface area contributed by atoms with Gasteiger partial charge in [-0.15, -0.1) is 0 Å². The fourth-order valence-corrected chi connectivity index (χ4v) is 4.19. The van der Waals surface area contributed by atoms with Gasteiger partial charge in [0.25, 0.3) is 0 Å². The summed E-state index contributed by atoms with van der Waals surface area (Å²) in [7, 11) is 0. The van der Waals surface area contributed by atoms with Gasteiger partial charge in [-0.05, 0) is 42.4 Å². The van der Waals surface area contributed by atoms with Crippen LogP contribution in [0.1, 0.15) is 94.7 Å². The first-order valence-electron chi connectivity index (χ1n) is 13.4. The van der Waals surface area contributed by atoms with Crippen molar-refractivity contribution in [3.05, 3.63) is 77.6 Å². The van der Waals surface area contributed by atoms with E-state index in [0.29, 0.717) is 12.4 Å². The lowest BCUT2D eigenvalue weighted by Crippen LogP contribution is -1.98. The van der Waals surface area contributed by atoms with Crippen LogP contribution in [0.15, 0.2) is 60.9 Å². The van der Waals surface area contributed by atoms with Gasteiger partial charge in [-0.2, -0.15) is 0 Å². The number of benzene rings is 2. The molecule has 3 aromatic rings. The SMILES string of the molecule is CCCCCCCCc1ccc(COc2cnc(-c3ccc(CCCCCC)cc3)nc2)cc1. The average molecular weight is 459 g/mol. The minimum atomic E-state index is 0.534. The van der Waals surface area contributed by atoms with Crippen molar-refractivity contribution >= 4 is 0 Å². The summed E-state index contributed by atoms with van der Waals surface area (Å²) >= 11 is 0. The molecular formula is C31H42N2O. The molecule has 0 N–H and O–H groups in total. The fraction of sp³-hybridized carbons (Fsp3) is 0.484. The monoisotopic (exact) mass is 458 g/mol. The number of aryl methyl sites for hydroxylation is 2. The molecule has 0 bridgehead atoms. The van der Waals surface area contributed by atoms with Crippen LogP contribution in [-0.4, -0.2) is 9.97 Å². The highest BCUT2D eigenvalue weighted by atomic mass is 16.5. The molecule has 34 heavy (non-hydrogen) atoms. The van der Waals surface area contributed by atoms with Crippen molar-refractivity contribution in [2.45, 2.75) is 97.5 Å².